The third-order valence-corrected chi connectivity index (χ3v) is 8.01. The van der Waals surface area contributed by atoms with Gasteiger partial charge in [-0.15, -0.1) is 0 Å². The molecule has 9 nitrogen and oxygen atoms in total. The Kier molecular flexibility index (Phi) is 5.71. The maximum atomic E-state index is 13.3. The van der Waals surface area contributed by atoms with Crippen molar-refractivity contribution in [1.82, 2.24) is 19.8 Å². The summed E-state index contributed by atoms with van der Waals surface area (Å²) in [5.41, 5.74) is 1.07. The summed E-state index contributed by atoms with van der Waals surface area (Å²) in [4.78, 5) is 34.2. The van der Waals surface area contributed by atoms with E-state index in [1.807, 2.05) is 0 Å². The zero-order valence-electron chi connectivity index (χ0n) is 18.2. The lowest BCUT2D eigenvalue weighted by Crippen LogP contribution is -2.51. The number of benzene rings is 2. The van der Waals surface area contributed by atoms with Crippen molar-refractivity contribution < 1.29 is 13.2 Å². The number of nitrogens with one attached hydrogen (secondary N) is 3. The molecule has 1 saturated heterocycles. The zero-order chi connectivity index (χ0) is 23.0. The highest BCUT2D eigenvalue weighted by Crippen LogP contribution is 2.26. The van der Waals surface area contributed by atoms with Crippen LogP contribution in [0.25, 0.3) is 11.0 Å². The predicted octanol–water partition coefficient (Wildman–Crippen LogP) is 2.36. The van der Waals surface area contributed by atoms with Crippen LogP contribution in [0.2, 0.25) is 0 Å². The van der Waals surface area contributed by atoms with Crippen molar-refractivity contribution in [3.05, 3.63) is 58.5 Å². The van der Waals surface area contributed by atoms with Gasteiger partial charge in [-0.2, -0.15) is 0 Å². The van der Waals surface area contributed by atoms with Crippen LogP contribution < -0.4 is 10.4 Å². The molecular formula is C23H27N5O4S. The SMILES string of the molecule is O=C(c1ccccc1NS(=O)(=O)c1ccc2[nH]c(=O)[nH]c2c1)N1CCN(C2CCCC2)CC1. The molecule has 10 heteroatoms. The second-order valence-electron chi connectivity index (χ2n) is 8.70. The largest absolute Gasteiger partial charge is 0.336 e. The van der Waals surface area contributed by atoms with Crippen LogP contribution in [0.4, 0.5) is 5.69 Å². The Bertz CT molecular complexity index is 1330. The van der Waals surface area contributed by atoms with Crippen molar-refractivity contribution in [2.75, 3.05) is 30.9 Å². The Morgan fingerprint density at radius 1 is 0.939 bits per heavy atom. The summed E-state index contributed by atoms with van der Waals surface area (Å²) in [7, 11) is -3.97. The molecule has 2 fully saturated rings. The Morgan fingerprint density at radius 3 is 2.39 bits per heavy atom. The quantitative estimate of drug-likeness (QED) is 0.530. The van der Waals surface area contributed by atoms with Gasteiger partial charge in [0.25, 0.3) is 15.9 Å². The molecule has 3 N–H and O–H groups in total. The molecule has 0 bridgehead atoms. The minimum Gasteiger partial charge on any atom is -0.336 e. The average Bonchev–Trinajstić information content (AvgIpc) is 3.47. The smallest absolute Gasteiger partial charge is 0.323 e. The molecule has 0 unspecified atom stereocenters. The Labute approximate surface area is 191 Å². The molecule has 1 aromatic heterocycles. The molecule has 1 amide bonds. The molecule has 0 radical (unpaired) electrons. The van der Waals surface area contributed by atoms with Crippen LogP contribution in [0.15, 0.2) is 52.2 Å². The fourth-order valence-corrected chi connectivity index (χ4v) is 5.98. The van der Waals surface area contributed by atoms with Crippen LogP contribution >= 0.6 is 0 Å². The number of nitrogens with zero attached hydrogens (tertiary/aromatic N) is 2. The minimum atomic E-state index is -3.97. The summed E-state index contributed by atoms with van der Waals surface area (Å²) in [6, 6.07) is 11.6. The summed E-state index contributed by atoms with van der Waals surface area (Å²) in [6.45, 7) is 2.96. The molecule has 3 aromatic rings. The molecule has 2 aromatic carbocycles. The van der Waals surface area contributed by atoms with Gasteiger partial charge in [-0.3, -0.25) is 14.4 Å². The van der Waals surface area contributed by atoms with Gasteiger partial charge in [-0.05, 0) is 43.2 Å². The van der Waals surface area contributed by atoms with Crippen LogP contribution in [0, 0.1) is 0 Å². The number of fused-ring (bicyclic) bond motifs is 1. The van der Waals surface area contributed by atoms with E-state index in [-0.39, 0.29) is 16.5 Å². The van der Waals surface area contributed by atoms with Gasteiger partial charge in [0.15, 0.2) is 0 Å². The lowest BCUT2D eigenvalue weighted by atomic mass is 10.1. The summed E-state index contributed by atoms with van der Waals surface area (Å²) >= 11 is 0. The van der Waals surface area contributed by atoms with Crippen LogP contribution in [-0.2, 0) is 10.0 Å². The summed E-state index contributed by atoms with van der Waals surface area (Å²) < 4.78 is 28.7. The first-order valence-electron chi connectivity index (χ1n) is 11.3. The third-order valence-electron chi connectivity index (χ3n) is 6.64. The van der Waals surface area contributed by atoms with Crippen LogP contribution in [0.1, 0.15) is 36.0 Å². The molecule has 2 heterocycles. The number of H-pyrrole nitrogens is 2. The van der Waals surface area contributed by atoms with E-state index in [1.54, 1.807) is 29.2 Å². The van der Waals surface area contributed by atoms with Crippen molar-refractivity contribution >= 4 is 32.7 Å². The van der Waals surface area contributed by atoms with E-state index in [4.69, 9.17) is 0 Å². The van der Waals surface area contributed by atoms with E-state index >= 15 is 0 Å². The number of piperazine rings is 1. The monoisotopic (exact) mass is 469 g/mol. The molecule has 1 aliphatic carbocycles. The first-order chi connectivity index (χ1) is 15.9. The number of aromatic nitrogens is 2. The van der Waals surface area contributed by atoms with Crippen molar-refractivity contribution in [2.45, 2.75) is 36.6 Å². The molecular weight excluding hydrogens is 442 g/mol. The van der Waals surface area contributed by atoms with Gasteiger partial charge in [0.05, 0.1) is 27.2 Å². The molecule has 1 aliphatic heterocycles. The van der Waals surface area contributed by atoms with Gasteiger partial charge >= 0.3 is 5.69 Å². The number of carbonyl (C=O) groups is 1. The number of carbonyl (C=O) groups excluding carboxylic acids is 1. The van der Waals surface area contributed by atoms with Gasteiger partial charge < -0.3 is 14.9 Å². The standard InChI is InChI=1S/C23H27N5O4S/c29-22(28-13-11-27(12-14-28)16-5-1-2-6-16)18-7-3-4-8-19(18)26-33(31,32)17-9-10-20-21(15-17)25-23(30)24-20/h3-4,7-10,15-16,26H,1-2,5-6,11-14H2,(H2,24,25,30). The van der Waals surface area contributed by atoms with E-state index in [1.165, 1.54) is 43.9 Å². The van der Waals surface area contributed by atoms with Crippen molar-refractivity contribution in [3.8, 4) is 0 Å². The number of sulfonamides is 1. The number of aromatic amines is 2. The van der Waals surface area contributed by atoms with Crippen molar-refractivity contribution in [1.29, 1.82) is 0 Å². The van der Waals surface area contributed by atoms with E-state index < -0.39 is 15.7 Å². The number of para-hydroxylation sites is 1. The van der Waals surface area contributed by atoms with E-state index in [0.29, 0.717) is 35.7 Å². The highest BCUT2D eigenvalue weighted by atomic mass is 32.2. The number of anilines is 1. The zero-order valence-corrected chi connectivity index (χ0v) is 19.0. The van der Waals surface area contributed by atoms with Crippen LogP contribution in [0.3, 0.4) is 0 Å². The number of imidazole rings is 1. The topological polar surface area (TPSA) is 118 Å². The average molecular weight is 470 g/mol. The van der Waals surface area contributed by atoms with Gasteiger partial charge in [-0.1, -0.05) is 25.0 Å². The Morgan fingerprint density at radius 2 is 1.64 bits per heavy atom. The second kappa shape index (κ2) is 8.68. The molecule has 1 saturated carbocycles. The number of rotatable bonds is 5. The second-order valence-corrected chi connectivity index (χ2v) is 10.4. The Balaban J connectivity index is 1.33. The van der Waals surface area contributed by atoms with Crippen molar-refractivity contribution in [3.63, 3.8) is 0 Å². The Hall–Kier alpha value is -3.11. The normalized spacial score (nSPS) is 18.1. The van der Waals surface area contributed by atoms with E-state index in [2.05, 4.69) is 19.6 Å². The molecule has 33 heavy (non-hydrogen) atoms. The maximum Gasteiger partial charge on any atom is 0.323 e. The van der Waals surface area contributed by atoms with Crippen LogP contribution in [-0.4, -0.2) is 66.3 Å². The molecule has 174 valence electrons. The molecule has 0 atom stereocenters. The van der Waals surface area contributed by atoms with Gasteiger partial charge in [0, 0.05) is 32.2 Å². The van der Waals surface area contributed by atoms with Crippen LogP contribution in [0.5, 0.6) is 0 Å². The van der Waals surface area contributed by atoms with Gasteiger partial charge in [-0.25, -0.2) is 13.2 Å². The summed E-state index contributed by atoms with van der Waals surface area (Å²) in [5, 5.41) is 0. The molecule has 2 aliphatic rings. The maximum absolute atomic E-state index is 13.3. The minimum absolute atomic E-state index is 0.00215. The number of amides is 1. The first-order valence-corrected chi connectivity index (χ1v) is 12.8. The van der Waals surface area contributed by atoms with Gasteiger partial charge in [0.1, 0.15) is 0 Å². The number of hydrogen-bond donors (Lipinski definition) is 3. The van der Waals surface area contributed by atoms with Crippen molar-refractivity contribution in [2.24, 2.45) is 0 Å². The molecule has 5 rings (SSSR count). The van der Waals surface area contributed by atoms with Gasteiger partial charge in [0.2, 0.25) is 0 Å². The lowest BCUT2D eigenvalue weighted by molar-refractivity contribution is 0.0574. The summed E-state index contributed by atoms with van der Waals surface area (Å²) in [5.74, 6) is -0.176. The highest BCUT2D eigenvalue weighted by Gasteiger charge is 2.29. The predicted molar refractivity (Wildman–Crippen MR) is 126 cm³/mol. The highest BCUT2D eigenvalue weighted by molar-refractivity contribution is 7.92. The number of hydrogen-bond acceptors (Lipinski definition) is 5. The third kappa shape index (κ3) is 4.40. The molecule has 0 spiro atoms. The summed E-state index contributed by atoms with van der Waals surface area (Å²) in [6.07, 6.45) is 5.04. The lowest BCUT2D eigenvalue weighted by Gasteiger charge is -2.38. The fourth-order valence-electron chi connectivity index (χ4n) is 4.87. The fraction of sp³-hybridized carbons (Fsp3) is 0.391. The first kappa shape index (κ1) is 21.7. The van der Waals surface area contributed by atoms with E-state index in [0.717, 1.165) is 13.1 Å². The van der Waals surface area contributed by atoms with E-state index in [9.17, 15) is 18.0 Å².